The molecule has 1 aromatic carbocycles. The Morgan fingerprint density at radius 3 is 2.55 bits per heavy atom. The second kappa shape index (κ2) is 6.88. The maximum Gasteiger partial charge on any atom is 0.162 e. The third kappa shape index (κ3) is 3.45. The molecular formula is C18H23N3O. The summed E-state index contributed by atoms with van der Waals surface area (Å²) in [4.78, 5) is 8.72. The SMILES string of the molecule is CC(C)Oc1cc(C2CCNCC2)ccc1-c1ncccn1. The Bertz CT molecular complexity index is 607. The topological polar surface area (TPSA) is 47.0 Å². The van der Waals surface area contributed by atoms with Crippen LogP contribution in [0.3, 0.4) is 0 Å². The van der Waals surface area contributed by atoms with Gasteiger partial charge in [-0.05, 0) is 69.5 Å². The lowest BCUT2D eigenvalue weighted by atomic mass is 9.89. The normalized spacial score (nSPS) is 16.0. The molecule has 116 valence electrons. The Kier molecular flexibility index (Phi) is 4.68. The zero-order valence-corrected chi connectivity index (χ0v) is 13.2. The maximum absolute atomic E-state index is 6.04. The molecule has 0 aliphatic carbocycles. The van der Waals surface area contributed by atoms with Gasteiger partial charge in [-0.1, -0.05) is 6.07 Å². The zero-order valence-electron chi connectivity index (χ0n) is 13.2. The highest BCUT2D eigenvalue weighted by Crippen LogP contribution is 2.34. The van der Waals surface area contributed by atoms with Crippen molar-refractivity contribution in [1.29, 1.82) is 0 Å². The summed E-state index contributed by atoms with van der Waals surface area (Å²) >= 11 is 0. The second-order valence-corrected chi connectivity index (χ2v) is 6.02. The number of nitrogens with one attached hydrogen (secondary N) is 1. The molecule has 2 aromatic rings. The molecule has 1 aliphatic rings. The summed E-state index contributed by atoms with van der Waals surface area (Å²) in [6.07, 6.45) is 6.03. The Labute approximate surface area is 132 Å². The number of hydrogen-bond donors (Lipinski definition) is 1. The number of hydrogen-bond acceptors (Lipinski definition) is 4. The highest BCUT2D eigenvalue weighted by atomic mass is 16.5. The predicted octanol–water partition coefficient (Wildman–Crippen LogP) is 3.40. The van der Waals surface area contributed by atoms with E-state index in [1.807, 2.05) is 19.9 Å². The van der Waals surface area contributed by atoms with Crippen LogP contribution < -0.4 is 10.1 Å². The van der Waals surface area contributed by atoms with E-state index in [4.69, 9.17) is 4.74 Å². The molecular weight excluding hydrogens is 274 g/mol. The van der Waals surface area contributed by atoms with Crippen molar-refractivity contribution in [2.24, 2.45) is 0 Å². The first-order valence-corrected chi connectivity index (χ1v) is 8.03. The molecule has 0 amide bonds. The quantitative estimate of drug-likeness (QED) is 0.939. The number of aromatic nitrogens is 2. The van der Waals surface area contributed by atoms with Gasteiger partial charge in [0.1, 0.15) is 5.75 Å². The monoisotopic (exact) mass is 297 g/mol. The first-order valence-electron chi connectivity index (χ1n) is 8.03. The van der Waals surface area contributed by atoms with E-state index in [1.165, 1.54) is 18.4 Å². The van der Waals surface area contributed by atoms with Gasteiger partial charge in [0, 0.05) is 12.4 Å². The lowest BCUT2D eigenvalue weighted by Crippen LogP contribution is -2.26. The van der Waals surface area contributed by atoms with Crippen molar-refractivity contribution in [1.82, 2.24) is 15.3 Å². The highest BCUT2D eigenvalue weighted by molar-refractivity contribution is 5.65. The van der Waals surface area contributed by atoms with E-state index in [-0.39, 0.29) is 6.10 Å². The van der Waals surface area contributed by atoms with Gasteiger partial charge in [-0.25, -0.2) is 9.97 Å². The predicted molar refractivity (Wildman–Crippen MR) is 88.1 cm³/mol. The van der Waals surface area contributed by atoms with Crippen molar-refractivity contribution in [2.75, 3.05) is 13.1 Å². The van der Waals surface area contributed by atoms with Crippen LogP contribution in [-0.4, -0.2) is 29.2 Å². The standard InChI is InChI=1S/C18H23N3O/c1-13(2)22-17-12-15(14-6-10-19-11-7-14)4-5-16(17)18-20-8-3-9-21-18/h3-5,8-9,12-14,19H,6-7,10-11H2,1-2H3. The molecule has 4 nitrogen and oxygen atoms in total. The van der Waals surface area contributed by atoms with Gasteiger partial charge >= 0.3 is 0 Å². The van der Waals surface area contributed by atoms with Crippen molar-refractivity contribution in [3.8, 4) is 17.1 Å². The van der Waals surface area contributed by atoms with Crippen LogP contribution in [0, 0.1) is 0 Å². The summed E-state index contributed by atoms with van der Waals surface area (Å²) in [5.41, 5.74) is 2.32. The summed E-state index contributed by atoms with van der Waals surface area (Å²) in [6, 6.07) is 8.32. The Hall–Kier alpha value is -1.94. The van der Waals surface area contributed by atoms with E-state index in [0.29, 0.717) is 5.92 Å². The van der Waals surface area contributed by atoms with E-state index in [1.54, 1.807) is 12.4 Å². The highest BCUT2D eigenvalue weighted by Gasteiger charge is 2.18. The van der Waals surface area contributed by atoms with Crippen LogP contribution in [0.4, 0.5) is 0 Å². The molecule has 0 saturated carbocycles. The number of ether oxygens (including phenoxy) is 1. The van der Waals surface area contributed by atoms with Gasteiger partial charge in [0.05, 0.1) is 11.7 Å². The average Bonchev–Trinajstić information content (AvgIpc) is 2.56. The molecule has 4 heteroatoms. The smallest absolute Gasteiger partial charge is 0.162 e. The van der Waals surface area contributed by atoms with Gasteiger partial charge in [0.2, 0.25) is 0 Å². The minimum Gasteiger partial charge on any atom is -0.490 e. The lowest BCUT2D eigenvalue weighted by molar-refractivity contribution is 0.243. The molecule has 0 spiro atoms. The van der Waals surface area contributed by atoms with Crippen molar-refractivity contribution in [2.45, 2.75) is 38.7 Å². The van der Waals surface area contributed by atoms with E-state index >= 15 is 0 Å². The van der Waals surface area contributed by atoms with Gasteiger partial charge < -0.3 is 10.1 Å². The Morgan fingerprint density at radius 2 is 1.86 bits per heavy atom. The summed E-state index contributed by atoms with van der Waals surface area (Å²) in [7, 11) is 0. The zero-order chi connectivity index (χ0) is 15.4. The molecule has 0 radical (unpaired) electrons. The summed E-state index contributed by atoms with van der Waals surface area (Å²) in [5.74, 6) is 2.22. The molecule has 0 atom stereocenters. The molecule has 2 heterocycles. The fourth-order valence-electron chi connectivity index (χ4n) is 2.92. The van der Waals surface area contributed by atoms with Crippen molar-refractivity contribution in [3.63, 3.8) is 0 Å². The molecule has 1 aromatic heterocycles. The summed E-state index contributed by atoms with van der Waals surface area (Å²) < 4.78 is 6.04. The number of rotatable bonds is 4. The minimum atomic E-state index is 0.130. The molecule has 1 aliphatic heterocycles. The van der Waals surface area contributed by atoms with E-state index in [0.717, 1.165) is 30.2 Å². The van der Waals surface area contributed by atoms with Gasteiger partial charge in [0.15, 0.2) is 5.82 Å². The molecule has 0 bridgehead atoms. The molecule has 3 rings (SSSR count). The molecule has 1 fully saturated rings. The van der Waals surface area contributed by atoms with Crippen LogP contribution in [0.2, 0.25) is 0 Å². The Morgan fingerprint density at radius 1 is 1.14 bits per heavy atom. The largest absolute Gasteiger partial charge is 0.490 e. The van der Waals surface area contributed by atoms with Crippen LogP contribution in [-0.2, 0) is 0 Å². The third-order valence-electron chi connectivity index (χ3n) is 3.99. The fourth-order valence-corrected chi connectivity index (χ4v) is 2.92. The molecule has 1 N–H and O–H groups in total. The van der Waals surface area contributed by atoms with Crippen LogP contribution in [0.15, 0.2) is 36.7 Å². The third-order valence-corrected chi connectivity index (χ3v) is 3.99. The van der Waals surface area contributed by atoms with Crippen molar-refractivity contribution < 1.29 is 4.74 Å². The van der Waals surface area contributed by atoms with Crippen LogP contribution in [0.1, 0.15) is 38.2 Å². The number of piperidine rings is 1. The van der Waals surface area contributed by atoms with Crippen molar-refractivity contribution >= 4 is 0 Å². The maximum atomic E-state index is 6.04. The fraction of sp³-hybridized carbons (Fsp3) is 0.444. The molecule has 22 heavy (non-hydrogen) atoms. The van der Waals surface area contributed by atoms with Gasteiger partial charge in [0.25, 0.3) is 0 Å². The van der Waals surface area contributed by atoms with Gasteiger partial charge in [-0.2, -0.15) is 0 Å². The van der Waals surface area contributed by atoms with Gasteiger partial charge in [-0.3, -0.25) is 0 Å². The van der Waals surface area contributed by atoms with E-state index in [9.17, 15) is 0 Å². The van der Waals surface area contributed by atoms with Crippen LogP contribution >= 0.6 is 0 Å². The first-order chi connectivity index (χ1) is 10.7. The summed E-state index contributed by atoms with van der Waals surface area (Å²) in [6.45, 7) is 6.28. The number of nitrogens with zero attached hydrogens (tertiary/aromatic N) is 2. The summed E-state index contributed by atoms with van der Waals surface area (Å²) in [5, 5.41) is 3.42. The average molecular weight is 297 g/mol. The second-order valence-electron chi connectivity index (χ2n) is 6.02. The molecule has 0 unspecified atom stereocenters. The van der Waals surface area contributed by atoms with Crippen molar-refractivity contribution in [3.05, 3.63) is 42.2 Å². The van der Waals surface area contributed by atoms with Gasteiger partial charge in [-0.15, -0.1) is 0 Å². The van der Waals surface area contributed by atoms with Crippen LogP contribution in [0.25, 0.3) is 11.4 Å². The molecule has 1 saturated heterocycles. The van der Waals surface area contributed by atoms with E-state index in [2.05, 4.69) is 33.5 Å². The lowest BCUT2D eigenvalue weighted by Gasteiger charge is -2.24. The number of benzene rings is 1. The minimum absolute atomic E-state index is 0.130. The van der Waals surface area contributed by atoms with Crippen LogP contribution in [0.5, 0.6) is 5.75 Å². The Balaban J connectivity index is 1.96. The van der Waals surface area contributed by atoms with E-state index < -0.39 is 0 Å². The first kappa shape index (κ1) is 15.0.